The molecule has 1 aromatic heterocycles. The lowest BCUT2D eigenvalue weighted by Crippen LogP contribution is -2.32. The molecule has 1 N–H and O–H groups in total. The number of rotatable bonds is 4. The van der Waals surface area contributed by atoms with Gasteiger partial charge in [0.05, 0.1) is 0 Å². The van der Waals surface area contributed by atoms with E-state index in [1.54, 1.807) is 0 Å². The van der Waals surface area contributed by atoms with Gasteiger partial charge in [0.25, 0.3) is 5.91 Å². The van der Waals surface area contributed by atoms with Crippen molar-refractivity contribution in [3.05, 3.63) is 65.5 Å². The number of hydrogen-bond acceptors (Lipinski definition) is 2. The summed E-state index contributed by atoms with van der Waals surface area (Å²) in [6, 6.07) is 13.6. The van der Waals surface area contributed by atoms with Crippen LogP contribution in [0.15, 0.2) is 48.7 Å². The van der Waals surface area contributed by atoms with E-state index in [4.69, 9.17) is 0 Å². The van der Waals surface area contributed by atoms with Crippen LogP contribution in [0, 0.1) is 6.92 Å². The van der Waals surface area contributed by atoms with E-state index in [-0.39, 0.29) is 11.3 Å². The molecule has 0 spiro atoms. The van der Waals surface area contributed by atoms with E-state index in [2.05, 4.69) is 10.3 Å². The number of aryl methyl sites for hydroxylation is 1. The highest BCUT2D eigenvalue weighted by molar-refractivity contribution is 5.94. The first-order chi connectivity index (χ1) is 9.70. The molecule has 102 valence electrons. The summed E-state index contributed by atoms with van der Waals surface area (Å²) in [5.41, 5.74) is 3.02. The molecule has 1 aliphatic rings. The van der Waals surface area contributed by atoms with E-state index >= 15 is 0 Å². The third kappa shape index (κ3) is 2.57. The zero-order valence-electron chi connectivity index (χ0n) is 11.6. The first-order valence-corrected chi connectivity index (χ1v) is 6.96. The lowest BCUT2D eigenvalue weighted by atomic mass is 10.0. The largest absolute Gasteiger partial charge is 0.351 e. The Morgan fingerprint density at radius 3 is 2.55 bits per heavy atom. The predicted octanol–water partition coefficient (Wildman–Crippen LogP) is 2.85. The molecule has 0 unspecified atom stereocenters. The van der Waals surface area contributed by atoms with Crippen LogP contribution < -0.4 is 5.32 Å². The van der Waals surface area contributed by atoms with Crippen molar-refractivity contribution < 1.29 is 4.79 Å². The Kier molecular flexibility index (Phi) is 3.26. The molecule has 0 radical (unpaired) electrons. The minimum absolute atomic E-state index is 0.00722. The highest BCUT2D eigenvalue weighted by Crippen LogP contribution is 2.46. The minimum Gasteiger partial charge on any atom is -0.351 e. The molecular formula is C17H18N2O. The second kappa shape index (κ2) is 5.08. The van der Waals surface area contributed by atoms with Crippen LogP contribution in [-0.4, -0.2) is 17.4 Å². The topological polar surface area (TPSA) is 42.0 Å². The van der Waals surface area contributed by atoms with E-state index in [9.17, 15) is 4.79 Å². The number of carbonyl (C=O) groups excluding carboxylic acids is 1. The summed E-state index contributed by atoms with van der Waals surface area (Å²) in [5.74, 6) is -0.00722. The Hall–Kier alpha value is -2.16. The fourth-order valence-electron chi connectivity index (χ4n) is 2.41. The second-order valence-electron chi connectivity index (χ2n) is 5.54. The number of aromatic nitrogens is 1. The molecule has 1 aromatic carbocycles. The molecular weight excluding hydrogens is 248 g/mol. The van der Waals surface area contributed by atoms with E-state index in [0.29, 0.717) is 12.1 Å². The summed E-state index contributed by atoms with van der Waals surface area (Å²) in [6.45, 7) is 2.68. The van der Waals surface area contributed by atoms with Gasteiger partial charge in [-0.15, -0.1) is 0 Å². The quantitative estimate of drug-likeness (QED) is 0.924. The van der Waals surface area contributed by atoms with Crippen molar-refractivity contribution >= 4 is 5.91 Å². The average molecular weight is 266 g/mol. The van der Waals surface area contributed by atoms with Crippen molar-refractivity contribution in [2.45, 2.75) is 25.2 Å². The Bertz CT molecular complexity index is 601. The van der Waals surface area contributed by atoms with E-state index in [0.717, 1.165) is 24.1 Å². The van der Waals surface area contributed by atoms with E-state index in [1.165, 1.54) is 0 Å². The SMILES string of the molecule is Cc1ccc(C(=O)NCC2(c3ccccn3)CC2)cc1. The molecule has 2 aromatic rings. The molecule has 1 saturated carbocycles. The van der Waals surface area contributed by atoms with E-state index in [1.807, 2.05) is 55.6 Å². The second-order valence-corrected chi connectivity index (χ2v) is 5.54. The first-order valence-electron chi connectivity index (χ1n) is 6.96. The van der Waals surface area contributed by atoms with E-state index < -0.39 is 0 Å². The number of carbonyl (C=O) groups is 1. The lowest BCUT2D eigenvalue weighted by molar-refractivity contribution is 0.0949. The lowest BCUT2D eigenvalue weighted by Gasteiger charge is -2.15. The van der Waals surface area contributed by atoms with Crippen LogP contribution in [0.5, 0.6) is 0 Å². The molecule has 1 aliphatic carbocycles. The zero-order valence-corrected chi connectivity index (χ0v) is 11.6. The van der Waals surface area contributed by atoms with Crippen LogP contribution in [0.2, 0.25) is 0 Å². The van der Waals surface area contributed by atoms with Crippen molar-refractivity contribution in [3.63, 3.8) is 0 Å². The third-order valence-electron chi connectivity index (χ3n) is 3.96. The molecule has 3 nitrogen and oxygen atoms in total. The van der Waals surface area contributed by atoms with Crippen LogP contribution in [0.25, 0.3) is 0 Å². The van der Waals surface area contributed by atoms with Gasteiger partial charge in [-0.25, -0.2) is 0 Å². The molecule has 0 aliphatic heterocycles. The smallest absolute Gasteiger partial charge is 0.251 e. The molecule has 0 bridgehead atoms. The van der Waals surface area contributed by atoms with Crippen molar-refractivity contribution in [1.29, 1.82) is 0 Å². The first kappa shape index (κ1) is 12.9. The Morgan fingerprint density at radius 1 is 1.20 bits per heavy atom. The molecule has 3 rings (SSSR count). The Morgan fingerprint density at radius 2 is 1.95 bits per heavy atom. The van der Waals surface area contributed by atoms with Gasteiger partial charge in [-0.3, -0.25) is 9.78 Å². The highest BCUT2D eigenvalue weighted by atomic mass is 16.1. The van der Waals surface area contributed by atoms with Crippen LogP contribution in [-0.2, 0) is 5.41 Å². The van der Waals surface area contributed by atoms with Gasteiger partial charge in [0, 0.05) is 29.4 Å². The van der Waals surface area contributed by atoms with Crippen molar-refractivity contribution in [2.75, 3.05) is 6.54 Å². The number of nitrogens with one attached hydrogen (secondary N) is 1. The summed E-state index contributed by atoms with van der Waals surface area (Å²) >= 11 is 0. The molecule has 1 fully saturated rings. The normalized spacial score (nSPS) is 15.7. The maximum absolute atomic E-state index is 12.1. The number of hydrogen-bond donors (Lipinski definition) is 1. The van der Waals surface area contributed by atoms with Gasteiger partial charge < -0.3 is 5.32 Å². The van der Waals surface area contributed by atoms with Crippen molar-refractivity contribution in [1.82, 2.24) is 10.3 Å². The summed E-state index contributed by atoms with van der Waals surface area (Å²) in [7, 11) is 0. The van der Waals surface area contributed by atoms with Gasteiger partial charge in [-0.1, -0.05) is 23.8 Å². The highest BCUT2D eigenvalue weighted by Gasteiger charge is 2.45. The third-order valence-corrected chi connectivity index (χ3v) is 3.96. The van der Waals surface area contributed by atoms with Gasteiger partial charge in [-0.05, 0) is 44.0 Å². The summed E-state index contributed by atoms with van der Waals surface area (Å²) in [4.78, 5) is 16.6. The maximum atomic E-state index is 12.1. The predicted molar refractivity (Wildman–Crippen MR) is 78.7 cm³/mol. The van der Waals surface area contributed by atoms with Gasteiger partial charge in [-0.2, -0.15) is 0 Å². The van der Waals surface area contributed by atoms with Crippen LogP contribution in [0.3, 0.4) is 0 Å². The van der Waals surface area contributed by atoms with Gasteiger partial charge in [0.2, 0.25) is 0 Å². The van der Waals surface area contributed by atoms with Crippen molar-refractivity contribution in [3.8, 4) is 0 Å². The fourth-order valence-corrected chi connectivity index (χ4v) is 2.41. The maximum Gasteiger partial charge on any atom is 0.251 e. The molecule has 20 heavy (non-hydrogen) atoms. The number of amides is 1. The van der Waals surface area contributed by atoms with Gasteiger partial charge in [0.1, 0.15) is 0 Å². The minimum atomic E-state index is -0.00722. The number of benzene rings is 1. The van der Waals surface area contributed by atoms with Gasteiger partial charge in [0.15, 0.2) is 0 Å². The number of pyridine rings is 1. The van der Waals surface area contributed by atoms with Gasteiger partial charge >= 0.3 is 0 Å². The molecule has 0 atom stereocenters. The van der Waals surface area contributed by atoms with Crippen molar-refractivity contribution in [2.24, 2.45) is 0 Å². The number of nitrogens with zero attached hydrogens (tertiary/aromatic N) is 1. The molecule has 1 amide bonds. The van der Waals surface area contributed by atoms with Crippen LogP contribution >= 0.6 is 0 Å². The summed E-state index contributed by atoms with van der Waals surface area (Å²) < 4.78 is 0. The zero-order chi connectivity index (χ0) is 14.0. The Labute approximate surface area is 119 Å². The average Bonchev–Trinajstić information content (AvgIpc) is 3.28. The molecule has 1 heterocycles. The molecule has 3 heteroatoms. The Balaban J connectivity index is 1.65. The molecule has 0 saturated heterocycles. The standard InChI is InChI=1S/C17H18N2O/c1-13-5-7-14(8-6-13)16(20)19-12-17(9-10-17)15-4-2-3-11-18-15/h2-8,11H,9-10,12H2,1H3,(H,19,20). The monoisotopic (exact) mass is 266 g/mol. The fraction of sp³-hybridized carbons (Fsp3) is 0.294. The summed E-state index contributed by atoms with van der Waals surface area (Å²) in [5, 5.41) is 3.04. The summed E-state index contributed by atoms with van der Waals surface area (Å²) in [6.07, 6.45) is 4.01. The van der Waals surface area contributed by atoms with Crippen LogP contribution in [0.4, 0.5) is 0 Å². The van der Waals surface area contributed by atoms with Crippen LogP contribution in [0.1, 0.15) is 34.5 Å².